The van der Waals surface area contributed by atoms with Crippen molar-refractivity contribution in [3.05, 3.63) is 17.7 Å². The molecule has 156 valence electrons. The van der Waals surface area contributed by atoms with Crippen LogP contribution in [0.2, 0.25) is 0 Å². The number of ether oxygens (including phenoxy) is 2. The first kappa shape index (κ1) is 23.5. The third-order valence-electron chi connectivity index (χ3n) is 4.02. The van der Waals surface area contributed by atoms with Crippen LogP contribution in [0.15, 0.2) is 12.1 Å². The zero-order valence-electron chi connectivity index (χ0n) is 16.6. The topological polar surface area (TPSA) is 81.7 Å². The molecule has 0 heterocycles. The summed E-state index contributed by atoms with van der Waals surface area (Å²) >= 11 is 0. The molecule has 1 aromatic carbocycles. The molecule has 1 N–H and O–H groups in total. The van der Waals surface area contributed by atoms with Crippen LogP contribution in [0.25, 0.3) is 0 Å². The maximum atomic E-state index is 13.8. The molecule has 0 bridgehead atoms. The van der Waals surface area contributed by atoms with E-state index in [-0.39, 0.29) is 29.2 Å². The molecule has 1 unspecified atom stereocenters. The maximum Gasteiger partial charge on any atom is 0.308 e. The van der Waals surface area contributed by atoms with E-state index in [2.05, 4.69) is 5.32 Å². The van der Waals surface area contributed by atoms with E-state index in [0.29, 0.717) is 6.42 Å². The molecule has 0 saturated carbocycles. The molecule has 1 rings (SSSR count). The van der Waals surface area contributed by atoms with Gasteiger partial charge < -0.3 is 14.8 Å². The lowest BCUT2D eigenvalue weighted by Crippen LogP contribution is -2.17. The van der Waals surface area contributed by atoms with Crippen LogP contribution in [0, 0.1) is 0 Å². The summed E-state index contributed by atoms with van der Waals surface area (Å²) in [5.74, 6) is -3.44. The molecule has 8 heteroatoms. The second-order valence-electron chi connectivity index (χ2n) is 6.52. The van der Waals surface area contributed by atoms with Crippen LogP contribution < -0.4 is 14.8 Å². The third kappa shape index (κ3) is 7.25. The molecular weight excluding hydrogens is 372 g/mol. The smallest absolute Gasteiger partial charge is 0.308 e. The van der Waals surface area contributed by atoms with Crippen molar-refractivity contribution in [1.29, 1.82) is 0 Å². The van der Waals surface area contributed by atoms with Crippen LogP contribution in [0.5, 0.6) is 11.5 Å². The van der Waals surface area contributed by atoms with Gasteiger partial charge in [0.15, 0.2) is 11.5 Å². The largest absolute Gasteiger partial charge is 0.424 e. The predicted molar refractivity (Wildman–Crippen MR) is 101 cm³/mol. The molecule has 0 spiro atoms. The fourth-order valence-corrected chi connectivity index (χ4v) is 2.87. The van der Waals surface area contributed by atoms with Crippen LogP contribution in [0.3, 0.4) is 0 Å². The van der Waals surface area contributed by atoms with Crippen LogP contribution in [0.1, 0.15) is 71.3 Å². The van der Waals surface area contributed by atoms with Gasteiger partial charge in [-0.05, 0) is 12.5 Å². The summed E-state index contributed by atoms with van der Waals surface area (Å²) in [7, 11) is 0. The molecule has 0 aromatic heterocycles. The van der Waals surface area contributed by atoms with E-state index in [1.807, 2.05) is 6.92 Å². The summed E-state index contributed by atoms with van der Waals surface area (Å²) < 4.78 is 37.8. The quantitative estimate of drug-likeness (QED) is 0.347. The van der Waals surface area contributed by atoms with Crippen molar-refractivity contribution >= 4 is 23.5 Å². The summed E-state index contributed by atoms with van der Waals surface area (Å²) in [6.45, 7) is 5.51. The number of amides is 1. The van der Waals surface area contributed by atoms with Crippen LogP contribution >= 0.6 is 0 Å². The highest BCUT2D eigenvalue weighted by molar-refractivity contribution is 5.94. The Balaban J connectivity index is 3.46. The van der Waals surface area contributed by atoms with Crippen molar-refractivity contribution in [2.45, 2.75) is 72.1 Å². The number of esters is 2. The van der Waals surface area contributed by atoms with Gasteiger partial charge in [-0.25, -0.2) is 8.78 Å². The van der Waals surface area contributed by atoms with Gasteiger partial charge >= 0.3 is 11.9 Å². The molecule has 1 atom stereocenters. The van der Waals surface area contributed by atoms with Crippen molar-refractivity contribution < 1.29 is 32.6 Å². The van der Waals surface area contributed by atoms with Gasteiger partial charge in [-0.15, -0.1) is 0 Å². The lowest BCUT2D eigenvalue weighted by atomic mass is 9.91. The molecule has 0 aliphatic heterocycles. The van der Waals surface area contributed by atoms with Crippen LogP contribution in [-0.4, -0.2) is 24.3 Å². The molecule has 6 nitrogen and oxygen atoms in total. The number of carbonyl (C=O) groups is 3. The first-order valence-electron chi connectivity index (χ1n) is 9.26. The molecule has 0 aliphatic carbocycles. The van der Waals surface area contributed by atoms with Gasteiger partial charge in [0, 0.05) is 32.3 Å². The van der Waals surface area contributed by atoms with Crippen molar-refractivity contribution in [2.75, 3.05) is 5.32 Å². The Morgan fingerprint density at radius 1 is 1.00 bits per heavy atom. The Morgan fingerprint density at radius 3 is 2.14 bits per heavy atom. The summed E-state index contributed by atoms with van der Waals surface area (Å²) in [5, 5.41) is 2.43. The fourth-order valence-electron chi connectivity index (χ4n) is 2.87. The zero-order valence-corrected chi connectivity index (χ0v) is 16.6. The fraction of sp³-hybridized carbons (Fsp3) is 0.550. The van der Waals surface area contributed by atoms with E-state index in [9.17, 15) is 23.2 Å². The zero-order chi connectivity index (χ0) is 21.3. The van der Waals surface area contributed by atoms with Gasteiger partial charge in [0.1, 0.15) is 5.69 Å². The molecule has 28 heavy (non-hydrogen) atoms. The first-order chi connectivity index (χ1) is 13.2. The van der Waals surface area contributed by atoms with E-state index < -0.39 is 30.2 Å². The average molecular weight is 399 g/mol. The van der Waals surface area contributed by atoms with Gasteiger partial charge in [-0.3, -0.25) is 14.4 Å². The summed E-state index contributed by atoms with van der Waals surface area (Å²) in [5.41, 5.74) is -0.0315. The van der Waals surface area contributed by atoms with Crippen molar-refractivity contribution in [3.63, 3.8) is 0 Å². The number of alkyl halides is 2. The number of carbonyl (C=O) groups excluding carboxylic acids is 3. The summed E-state index contributed by atoms with van der Waals surface area (Å²) in [6.07, 6.45) is 0.812. The highest BCUT2D eigenvalue weighted by atomic mass is 19.3. The Morgan fingerprint density at radius 2 is 1.64 bits per heavy atom. The van der Waals surface area contributed by atoms with Crippen LogP contribution in [0.4, 0.5) is 14.5 Å². The van der Waals surface area contributed by atoms with Crippen molar-refractivity contribution in [1.82, 2.24) is 0 Å². The Kier molecular flexibility index (Phi) is 9.55. The van der Waals surface area contributed by atoms with Crippen molar-refractivity contribution in [3.8, 4) is 11.5 Å². The second-order valence-corrected chi connectivity index (χ2v) is 6.52. The number of rotatable bonds is 10. The minimum absolute atomic E-state index is 0.0818. The number of anilines is 1. The van der Waals surface area contributed by atoms with Gasteiger partial charge in [0.25, 0.3) is 0 Å². The number of halogens is 2. The average Bonchev–Trinajstić information content (AvgIpc) is 2.57. The highest BCUT2D eigenvalue weighted by Crippen LogP contribution is 2.44. The van der Waals surface area contributed by atoms with E-state index in [1.165, 1.54) is 19.1 Å². The van der Waals surface area contributed by atoms with Crippen LogP contribution in [-0.2, 0) is 14.4 Å². The van der Waals surface area contributed by atoms with Gasteiger partial charge in [0.05, 0.1) is 0 Å². The van der Waals surface area contributed by atoms with Gasteiger partial charge in [0.2, 0.25) is 12.3 Å². The molecule has 0 fully saturated rings. The molecule has 1 amide bonds. The number of unbranched alkanes of at least 4 members (excludes halogenated alkanes) is 3. The minimum atomic E-state index is -2.69. The van der Waals surface area contributed by atoms with Gasteiger partial charge in [-0.2, -0.15) is 0 Å². The first-order valence-corrected chi connectivity index (χ1v) is 9.26. The van der Waals surface area contributed by atoms with Crippen molar-refractivity contribution in [2.24, 2.45) is 0 Å². The third-order valence-corrected chi connectivity index (χ3v) is 4.02. The number of nitrogens with one attached hydrogen (secondary N) is 1. The number of hydrogen-bond acceptors (Lipinski definition) is 5. The predicted octanol–water partition coefficient (Wildman–Crippen LogP) is 4.81. The number of benzene rings is 1. The normalized spacial score (nSPS) is 11.8. The molecule has 1 aromatic rings. The molecular formula is C20H27F2NO5. The molecule has 0 radical (unpaired) electrons. The van der Waals surface area contributed by atoms with E-state index in [4.69, 9.17) is 9.47 Å². The Labute approximate surface area is 163 Å². The molecule has 0 aliphatic rings. The highest BCUT2D eigenvalue weighted by Gasteiger charge is 2.29. The van der Waals surface area contributed by atoms with Gasteiger partial charge in [-0.1, -0.05) is 38.7 Å². The summed E-state index contributed by atoms with van der Waals surface area (Å²) in [6, 6.07) is 2.66. The summed E-state index contributed by atoms with van der Waals surface area (Å²) in [4.78, 5) is 34.6. The van der Waals surface area contributed by atoms with E-state index in [0.717, 1.165) is 33.1 Å². The number of hydrogen-bond donors (Lipinski definition) is 1. The Bertz CT molecular complexity index is 706. The second kappa shape index (κ2) is 11.4. The SMILES string of the molecule is CCCCCCC(c1ccc(OC(C)=O)c(NC(C)=O)c1OC(C)=O)C(F)F. The van der Waals surface area contributed by atoms with E-state index in [1.54, 1.807) is 0 Å². The molecule has 0 saturated heterocycles. The minimum Gasteiger partial charge on any atom is -0.424 e. The lowest BCUT2D eigenvalue weighted by Gasteiger charge is -2.23. The maximum absolute atomic E-state index is 13.8. The van der Waals surface area contributed by atoms with E-state index >= 15 is 0 Å². The Hall–Kier alpha value is -2.51. The lowest BCUT2D eigenvalue weighted by molar-refractivity contribution is -0.132. The monoisotopic (exact) mass is 399 g/mol. The standard InChI is InChI=1S/C20H27F2NO5/c1-5-6-7-8-9-16(20(21)22)15-10-11-17(27-13(3)25)18(23-12(2)24)19(15)28-14(4)26/h10-11,16,20H,5-9H2,1-4H3,(H,23,24).